The zero-order chi connectivity index (χ0) is 16.8. The third-order valence-corrected chi connectivity index (χ3v) is 3.28. The highest BCUT2D eigenvalue weighted by Crippen LogP contribution is 2.11. The molecule has 0 N–H and O–H groups in total. The van der Waals surface area contributed by atoms with Crippen LogP contribution in [-0.2, 0) is 22.7 Å². The highest BCUT2D eigenvalue weighted by atomic mass is 16.5. The Labute approximate surface area is 137 Å². The molecular formula is C18H14O6. The maximum absolute atomic E-state index is 11.7. The van der Waals surface area contributed by atoms with E-state index in [0.717, 1.165) is 11.1 Å². The summed E-state index contributed by atoms with van der Waals surface area (Å²) in [5.41, 5.74) is 2.41. The zero-order valence-electron chi connectivity index (χ0n) is 12.6. The Kier molecular flexibility index (Phi) is 4.76. The summed E-state index contributed by atoms with van der Waals surface area (Å²) in [6.45, 7) is 0.304. The number of carbonyl (C=O) groups excluding carboxylic acids is 2. The molecule has 0 bridgehead atoms. The van der Waals surface area contributed by atoms with E-state index in [1.807, 2.05) is 24.3 Å². The average molecular weight is 326 g/mol. The summed E-state index contributed by atoms with van der Waals surface area (Å²) in [5, 5.41) is 0. The molecule has 0 spiro atoms. The minimum Gasteiger partial charge on any atom is -0.472 e. The third kappa shape index (κ3) is 3.92. The van der Waals surface area contributed by atoms with E-state index in [2.05, 4.69) is 0 Å². The highest BCUT2D eigenvalue weighted by molar-refractivity contribution is 5.89. The standard InChI is InChI=1S/C18H14O6/c19-17(15-5-7-21-11-15)23-9-13-1-2-14(4-3-13)10-24-18(20)16-6-8-22-12-16/h1-8,11-12H,9-10H2. The molecule has 0 amide bonds. The second kappa shape index (κ2) is 7.32. The predicted molar refractivity (Wildman–Crippen MR) is 82.1 cm³/mol. The van der Waals surface area contributed by atoms with Crippen LogP contribution in [-0.4, -0.2) is 11.9 Å². The van der Waals surface area contributed by atoms with Gasteiger partial charge in [0.25, 0.3) is 0 Å². The number of rotatable bonds is 6. The van der Waals surface area contributed by atoms with Crippen LogP contribution in [0.25, 0.3) is 0 Å². The first-order valence-corrected chi connectivity index (χ1v) is 7.19. The van der Waals surface area contributed by atoms with Crippen molar-refractivity contribution in [3.63, 3.8) is 0 Å². The quantitative estimate of drug-likeness (QED) is 0.644. The molecule has 0 aliphatic carbocycles. The van der Waals surface area contributed by atoms with Gasteiger partial charge in [-0.1, -0.05) is 24.3 Å². The van der Waals surface area contributed by atoms with Crippen molar-refractivity contribution >= 4 is 11.9 Å². The molecule has 0 aliphatic heterocycles. The third-order valence-electron chi connectivity index (χ3n) is 3.28. The van der Waals surface area contributed by atoms with Gasteiger partial charge in [-0.15, -0.1) is 0 Å². The first kappa shape index (κ1) is 15.6. The minimum absolute atomic E-state index is 0.152. The van der Waals surface area contributed by atoms with Gasteiger partial charge in [-0.3, -0.25) is 0 Å². The molecule has 0 saturated carbocycles. The van der Waals surface area contributed by atoms with E-state index in [1.165, 1.54) is 25.1 Å². The number of esters is 2. The number of hydrogen-bond donors (Lipinski definition) is 0. The lowest BCUT2D eigenvalue weighted by Crippen LogP contribution is -2.05. The fraction of sp³-hybridized carbons (Fsp3) is 0.111. The second-order valence-electron chi connectivity index (χ2n) is 4.99. The van der Waals surface area contributed by atoms with Crippen LogP contribution in [0.3, 0.4) is 0 Å². The normalized spacial score (nSPS) is 10.3. The van der Waals surface area contributed by atoms with Crippen LogP contribution in [0.1, 0.15) is 31.8 Å². The Morgan fingerprint density at radius 2 is 1.12 bits per heavy atom. The van der Waals surface area contributed by atoms with E-state index in [-0.39, 0.29) is 13.2 Å². The molecule has 2 aromatic heterocycles. The SMILES string of the molecule is O=C(OCc1ccc(COC(=O)c2ccoc2)cc1)c1ccoc1. The average Bonchev–Trinajstić information content (AvgIpc) is 3.32. The maximum atomic E-state index is 11.7. The molecule has 3 aromatic rings. The van der Waals surface area contributed by atoms with Crippen molar-refractivity contribution in [2.45, 2.75) is 13.2 Å². The van der Waals surface area contributed by atoms with E-state index in [0.29, 0.717) is 11.1 Å². The smallest absolute Gasteiger partial charge is 0.341 e. The summed E-state index contributed by atoms with van der Waals surface area (Å²) in [7, 11) is 0. The van der Waals surface area contributed by atoms with Crippen molar-refractivity contribution in [3.8, 4) is 0 Å². The van der Waals surface area contributed by atoms with E-state index < -0.39 is 11.9 Å². The van der Waals surface area contributed by atoms with Crippen molar-refractivity contribution < 1.29 is 27.9 Å². The van der Waals surface area contributed by atoms with Gasteiger partial charge in [0.15, 0.2) is 0 Å². The van der Waals surface area contributed by atoms with Crippen LogP contribution in [0.15, 0.2) is 70.3 Å². The maximum Gasteiger partial charge on any atom is 0.341 e. The van der Waals surface area contributed by atoms with Crippen molar-refractivity contribution in [2.24, 2.45) is 0 Å². The highest BCUT2D eigenvalue weighted by Gasteiger charge is 2.10. The Hall–Kier alpha value is -3.28. The molecule has 3 rings (SSSR count). The number of furan rings is 2. The Balaban J connectivity index is 1.48. The first-order chi connectivity index (χ1) is 11.7. The van der Waals surface area contributed by atoms with Crippen molar-refractivity contribution in [2.75, 3.05) is 0 Å². The molecule has 0 unspecified atom stereocenters. The Morgan fingerprint density at radius 1 is 0.708 bits per heavy atom. The van der Waals surface area contributed by atoms with Crippen LogP contribution in [0.2, 0.25) is 0 Å². The van der Waals surface area contributed by atoms with Gasteiger partial charge in [-0.2, -0.15) is 0 Å². The monoisotopic (exact) mass is 326 g/mol. The molecule has 0 fully saturated rings. The lowest BCUT2D eigenvalue weighted by molar-refractivity contribution is 0.0459. The van der Waals surface area contributed by atoms with Gasteiger partial charge in [-0.25, -0.2) is 9.59 Å². The largest absolute Gasteiger partial charge is 0.472 e. The molecule has 0 aliphatic rings. The fourth-order valence-electron chi connectivity index (χ4n) is 1.96. The van der Waals surface area contributed by atoms with E-state index in [1.54, 1.807) is 12.1 Å². The van der Waals surface area contributed by atoms with Crippen molar-refractivity contribution in [1.29, 1.82) is 0 Å². The molecule has 0 saturated heterocycles. The summed E-state index contributed by atoms with van der Waals surface area (Å²) in [4.78, 5) is 23.4. The van der Waals surface area contributed by atoms with Crippen molar-refractivity contribution in [1.82, 2.24) is 0 Å². The Morgan fingerprint density at radius 3 is 1.46 bits per heavy atom. The van der Waals surface area contributed by atoms with E-state index >= 15 is 0 Å². The van der Waals surface area contributed by atoms with Gasteiger partial charge in [0.2, 0.25) is 0 Å². The number of ether oxygens (including phenoxy) is 2. The summed E-state index contributed by atoms with van der Waals surface area (Å²) in [6.07, 6.45) is 5.49. The Bertz CT molecular complexity index is 715. The van der Waals surface area contributed by atoms with Crippen LogP contribution >= 0.6 is 0 Å². The predicted octanol–water partition coefficient (Wildman–Crippen LogP) is 3.59. The van der Waals surface area contributed by atoms with Crippen LogP contribution < -0.4 is 0 Å². The number of benzene rings is 1. The lowest BCUT2D eigenvalue weighted by atomic mass is 10.1. The van der Waals surface area contributed by atoms with Gasteiger partial charge in [0.05, 0.1) is 23.7 Å². The summed E-state index contributed by atoms with van der Waals surface area (Å²) >= 11 is 0. The van der Waals surface area contributed by atoms with Gasteiger partial charge >= 0.3 is 11.9 Å². The van der Waals surface area contributed by atoms with Crippen LogP contribution in [0, 0.1) is 0 Å². The minimum atomic E-state index is -0.443. The van der Waals surface area contributed by atoms with Crippen LogP contribution in [0.4, 0.5) is 0 Å². The number of carbonyl (C=O) groups is 2. The fourth-order valence-corrected chi connectivity index (χ4v) is 1.96. The molecule has 6 nitrogen and oxygen atoms in total. The van der Waals surface area contributed by atoms with Gasteiger partial charge in [-0.05, 0) is 23.3 Å². The summed E-state index contributed by atoms with van der Waals surface area (Å²) in [5.74, 6) is -0.885. The topological polar surface area (TPSA) is 78.9 Å². The molecule has 122 valence electrons. The van der Waals surface area contributed by atoms with E-state index in [9.17, 15) is 9.59 Å². The molecule has 24 heavy (non-hydrogen) atoms. The zero-order valence-corrected chi connectivity index (χ0v) is 12.6. The first-order valence-electron chi connectivity index (χ1n) is 7.19. The van der Waals surface area contributed by atoms with Crippen molar-refractivity contribution in [3.05, 3.63) is 83.7 Å². The molecule has 0 atom stereocenters. The van der Waals surface area contributed by atoms with E-state index in [4.69, 9.17) is 18.3 Å². The van der Waals surface area contributed by atoms with Gasteiger partial charge in [0, 0.05) is 0 Å². The number of hydrogen-bond acceptors (Lipinski definition) is 6. The second-order valence-corrected chi connectivity index (χ2v) is 4.99. The lowest BCUT2D eigenvalue weighted by Gasteiger charge is -2.06. The molecule has 2 heterocycles. The molecule has 0 radical (unpaired) electrons. The molecule has 1 aromatic carbocycles. The van der Waals surface area contributed by atoms with Crippen LogP contribution in [0.5, 0.6) is 0 Å². The summed E-state index contributed by atoms with van der Waals surface area (Å²) < 4.78 is 20.0. The summed E-state index contributed by atoms with van der Waals surface area (Å²) in [6, 6.07) is 10.3. The van der Waals surface area contributed by atoms with Gasteiger partial charge in [0.1, 0.15) is 25.7 Å². The molecular weight excluding hydrogens is 312 g/mol. The van der Waals surface area contributed by atoms with Gasteiger partial charge < -0.3 is 18.3 Å². The molecule has 6 heteroatoms.